The molecule has 3 N–H and O–H groups in total. The Kier molecular flexibility index (Phi) is 5.94. The number of carbonyl (C=O) groups is 2. The molecule has 3 amide bonds. The first-order chi connectivity index (χ1) is 17.5. The van der Waals surface area contributed by atoms with Crippen LogP contribution in [0.15, 0.2) is 36.4 Å². The molecule has 5 rings (SSSR count). The number of ether oxygens (including phenoxy) is 1. The first kappa shape index (κ1) is 25.1. The van der Waals surface area contributed by atoms with Gasteiger partial charge in [0.2, 0.25) is 0 Å². The average molecular weight is 509 g/mol. The standard InChI is InChI=1S/C28H33FN4O4/c1-27(2,3)30-12-7-13-32-25(35)28(4)15-18-21-19(10-11-20(37-5)22(21)29)31-23(18)24(33(28)26(32)36)16-8-6-9-17(34)14-16/h6,8-11,14,24,30-31,34H,7,12-13,15H2,1-5H3/t24-,28+/m1/s1. The van der Waals surface area contributed by atoms with Gasteiger partial charge in [-0.1, -0.05) is 12.1 Å². The second kappa shape index (κ2) is 8.76. The van der Waals surface area contributed by atoms with Crippen LogP contribution >= 0.6 is 0 Å². The van der Waals surface area contributed by atoms with Crippen molar-refractivity contribution in [3.05, 3.63) is 59.0 Å². The summed E-state index contributed by atoms with van der Waals surface area (Å²) < 4.78 is 20.8. The molecule has 0 unspecified atom stereocenters. The Morgan fingerprint density at radius 3 is 2.68 bits per heavy atom. The summed E-state index contributed by atoms with van der Waals surface area (Å²) in [6.45, 7) is 8.86. The fourth-order valence-electron chi connectivity index (χ4n) is 5.65. The Balaban J connectivity index is 1.62. The average Bonchev–Trinajstić information content (AvgIpc) is 3.28. The van der Waals surface area contributed by atoms with Crippen LogP contribution in [0.5, 0.6) is 11.5 Å². The van der Waals surface area contributed by atoms with E-state index in [1.54, 1.807) is 48.2 Å². The summed E-state index contributed by atoms with van der Waals surface area (Å²) in [6, 6.07) is 8.81. The third-order valence-corrected chi connectivity index (χ3v) is 7.35. The predicted molar refractivity (Wildman–Crippen MR) is 138 cm³/mol. The van der Waals surface area contributed by atoms with E-state index in [4.69, 9.17) is 4.74 Å². The lowest BCUT2D eigenvalue weighted by Gasteiger charge is -2.42. The maximum Gasteiger partial charge on any atom is 0.328 e. The van der Waals surface area contributed by atoms with Crippen LogP contribution in [0.3, 0.4) is 0 Å². The summed E-state index contributed by atoms with van der Waals surface area (Å²) >= 11 is 0. The normalized spacial score (nSPS) is 21.5. The number of fused-ring (bicyclic) bond motifs is 4. The molecule has 1 saturated heterocycles. The zero-order valence-electron chi connectivity index (χ0n) is 21.8. The number of nitrogens with one attached hydrogen (secondary N) is 2. The molecule has 2 aromatic carbocycles. The molecule has 37 heavy (non-hydrogen) atoms. The van der Waals surface area contributed by atoms with Gasteiger partial charge in [0.1, 0.15) is 17.3 Å². The zero-order chi connectivity index (χ0) is 26.7. The van der Waals surface area contributed by atoms with Crippen molar-refractivity contribution in [3.8, 4) is 11.5 Å². The Hall–Kier alpha value is -3.59. The van der Waals surface area contributed by atoms with Gasteiger partial charge in [-0.25, -0.2) is 9.18 Å². The van der Waals surface area contributed by atoms with Crippen LogP contribution in [0.25, 0.3) is 10.9 Å². The SMILES string of the molecule is COc1ccc2[nH]c3c(c2c1F)C[C@@]1(C)C(=O)N(CCCNC(C)(C)C)C(=O)N1[C@@H]3c1cccc(O)c1. The molecule has 2 atom stereocenters. The van der Waals surface area contributed by atoms with Crippen molar-refractivity contribution in [1.82, 2.24) is 20.1 Å². The summed E-state index contributed by atoms with van der Waals surface area (Å²) in [5, 5.41) is 14.0. The van der Waals surface area contributed by atoms with Gasteiger partial charge in [-0.3, -0.25) is 14.6 Å². The maximum atomic E-state index is 15.5. The van der Waals surface area contributed by atoms with Crippen LogP contribution in [-0.2, 0) is 11.2 Å². The van der Waals surface area contributed by atoms with E-state index in [9.17, 15) is 14.7 Å². The fourth-order valence-corrected chi connectivity index (χ4v) is 5.65. The van der Waals surface area contributed by atoms with E-state index < -0.39 is 17.4 Å². The molecule has 3 aromatic rings. The Bertz CT molecular complexity index is 1390. The number of aromatic amines is 1. The monoisotopic (exact) mass is 508 g/mol. The summed E-state index contributed by atoms with van der Waals surface area (Å²) in [4.78, 5) is 33.9. The van der Waals surface area contributed by atoms with Crippen LogP contribution in [0, 0.1) is 5.82 Å². The number of phenolic OH excluding ortho intramolecular Hbond substituents is 1. The van der Waals surface area contributed by atoms with Gasteiger partial charge in [-0.15, -0.1) is 0 Å². The van der Waals surface area contributed by atoms with Gasteiger partial charge in [0.25, 0.3) is 5.91 Å². The molecule has 196 valence electrons. The quantitative estimate of drug-likeness (QED) is 0.337. The van der Waals surface area contributed by atoms with Crippen molar-refractivity contribution < 1.29 is 23.8 Å². The highest BCUT2D eigenvalue weighted by molar-refractivity contribution is 6.08. The topological polar surface area (TPSA) is 97.9 Å². The number of amides is 3. The molecule has 0 aliphatic carbocycles. The molecule has 8 nitrogen and oxygen atoms in total. The Morgan fingerprint density at radius 2 is 2.00 bits per heavy atom. The molecule has 3 heterocycles. The van der Waals surface area contributed by atoms with E-state index in [1.165, 1.54) is 12.0 Å². The van der Waals surface area contributed by atoms with E-state index in [1.807, 2.05) is 0 Å². The largest absolute Gasteiger partial charge is 0.508 e. The van der Waals surface area contributed by atoms with Gasteiger partial charge in [-0.2, -0.15) is 0 Å². The lowest BCUT2D eigenvalue weighted by Crippen LogP contribution is -2.53. The van der Waals surface area contributed by atoms with Crippen LogP contribution in [0.4, 0.5) is 9.18 Å². The molecule has 1 aromatic heterocycles. The number of phenols is 1. The Morgan fingerprint density at radius 1 is 1.24 bits per heavy atom. The number of methoxy groups -OCH3 is 1. The minimum Gasteiger partial charge on any atom is -0.508 e. The number of aromatic nitrogens is 1. The number of hydrogen-bond donors (Lipinski definition) is 3. The van der Waals surface area contributed by atoms with Gasteiger partial charge in [0.05, 0.1) is 7.11 Å². The van der Waals surface area contributed by atoms with Crippen molar-refractivity contribution >= 4 is 22.8 Å². The second-order valence-corrected chi connectivity index (χ2v) is 11.1. The number of benzene rings is 2. The highest BCUT2D eigenvalue weighted by Crippen LogP contribution is 2.49. The van der Waals surface area contributed by atoms with Gasteiger partial charge in [0, 0.05) is 35.1 Å². The van der Waals surface area contributed by atoms with Gasteiger partial charge in [0.15, 0.2) is 11.6 Å². The third kappa shape index (κ3) is 4.01. The first-order valence-electron chi connectivity index (χ1n) is 12.5. The highest BCUT2D eigenvalue weighted by Gasteiger charge is 2.60. The number of urea groups is 1. The first-order valence-corrected chi connectivity index (χ1v) is 12.5. The lowest BCUT2D eigenvalue weighted by atomic mass is 9.81. The van der Waals surface area contributed by atoms with Crippen molar-refractivity contribution in [2.45, 2.75) is 57.7 Å². The molecule has 1 fully saturated rings. The van der Waals surface area contributed by atoms with Gasteiger partial charge >= 0.3 is 6.03 Å². The number of aromatic hydroxyl groups is 1. The number of hydrogen-bond acceptors (Lipinski definition) is 5. The van der Waals surface area contributed by atoms with Crippen LogP contribution in [-0.4, -0.2) is 63.1 Å². The van der Waals surface area contributed by atoms with E-state index in [-0.39, 0.29) is 41.9 Å². The summed E-state index contributed by atoms with van der Waals surface area (Å²) in [5.41, 5.74) is 1.16. The summed E-state index contributed by atoms with van der Waals surface area (Å²) in [7, 11) is 1.41. The molecule has 0 saturated carbocycles. The van der Waals surface area contributed by atoms with Crippen molar-refractivity contribution in [2.75, 3.05) is 20.2 Å². The fraction of sp³-hybridized carbons (Fsp3) is 0.429. The smallest absolute Gasteiger partial charge is 0.328 e. The van der Waals surface area contributed by atoms with Gasteiger partial charge < -0.3 is 20.1 Å². The number of rotatable bonds is 6. The van der Waals surface area contributed by atoms with Crippen molar-refractivity contribution in [2.24, 2.45) is 0 Å². The number of nitrogens with zero attached hydrogens (tertiary/aromatic N) is 2. The summed E-state index contributed by atoms with van der Waals surface area (Å²) in [6.07, 6.45) is 0.762. The minimum atomic E-state index is -1.22. The maximum absolute atomic E-state index is 15.5. The van der Waals surface area contributed by atoms with Gasteiger partial charge in [-0.05, 0) is 76.1 Å². The molecular formula is C28H33FN4O4. The molecule has 0 spiro atoms. The predicted octanol–water partition coefficient (Wildman–Crippen LogP) is 4.47. The van der Waals surface area contributed by atoms with Crippen LogP contribution < -0.4 is 10.1 Å². The highest BCUT2D eigenvalue weighted by atomic mass is 19.1. The number of halogens is 1. The van der Waals surface area contributed by atoms with E-state index >= 15 is 4.39 Å². The van der Waals surface area contributed by atoms with Crippen molar-refractivity contribution in [1.29, 1.82) is 0 Å². The van der Waals surface area contributed by atoms with Crippen LogP contribution in [0.2, 0.25) is 0 Å². The summed E-state index contributed by atoms with van der Waals surface area (Å²) in [5.74, 6) is -0.663. The lowest BCUT2D eigenvalue weighted by molar-refractivity contribution is -0.133. The third-order valence-electron chi connectivity index (χ3n) is 7.35. The van der Waals surface area contributed by atoms with E-state index in [0.717, 1.165) is 0 Å². The van der Waals surface area contributed by atoms with Crippen LogP contribution in [0.1, 0.15) is 57.0 Å². The molecule has 2 aliphatic rings. The molecule has 0 radical (unpaired) electrons. The molecular weight excluding hydrogens is 475 g/mol. The minimum absolute atomic E-state index is 0.0402. The number of carbonyl (C=O) groups excluding carboxylic acids is 2. The van der Waals surface area contributed by atoms with Crippen molar-refractivity contribution in [3.63, 3.8) is 0 Å². The zero-order valence-corrected chi connectivity index (χ0v) is 21.8. The Labute approximate surface area is 215 Å². The van der Waals surface area contributed by atoms with E-state index in [0.29, 0.717) is 40.7 Å². The van der Waals surface area contributed by atoms with E-state index in [2.05, 4.69) is 31.1 Å². The molecule has 2 aliphatic heterocycles. The molecule has 0 bridgehead atoms. The number of H-pyrrole nitrogens is 1. The second-order valence-electron chi connectivity index (χ2n) is 11.1. The molecule has 9 heteroatoms. The number of imide groups is 1.